The molecular formula is C22H42Si. The third-order valence-corrected chi connectivity index (χ3v) is 11.0. The molecule has 0 atom stereocenters. The molecule has 0 aliphatic rings. The minimum absolute atomic E-state index is 0.514. The van der Waals surface area contributed by atoms with Gasteiger partial charge in [0.1, 0.15) is 0 Å². The highest BCUT2D eigenvalue weighted by atomic mass is 28.3. The molecule has 0 fully saturated rings. The first-order chi connectivity index (χ1) is 10.5. The highest BCUT2D eigenvalue weighted by Gasteiger charge is 2.33. The second-order valence-electron chi connectivity index (χ2n) is 9.13. The van der Waals surface area contributed by atoms with Gasteiger partial charge in [0.15, 0.2) is 0 Å². The third-order valence-electron chi connectivity index (χ3n) is 5.42. The highest BCUT2D eigenvalue weighted by Crippen LogP contribution is 2.39. The molecule has 0 aromatic rings. The predicted molar refractivity (Wildman–Crippen MR) is 112 cm³/mol. The van der Waals surface area contributed by atoms with E-state index in [1.807, 2.05) is 0 Å². The van der Waals surface area contributed by atoms with Gasteiger partial charge in [0.05, 0.1) is 8.07 Å². The average Bonchev–Trinajstić information content (AvgIpc) is 2.36. The molecule has 0 rings (SSSR count). The first-order valence-electron chi connectivity index (χ1n) is 9.40. The Kier molecular flexibility index (Phi) is 10.1. The van der Waals surface area contributed by atoms with Gasteiger partial charge in [0.25, 0.3) is 0 Å². The topological polar surface area (TPSA) is 0 Å². The summed E-state index contributed by atoms with van der Waals surface area (Å²) in [6, 6.07) is 1.41. The van der Waals surface area contributed by atoms with E-state index in [1.165, 1.54) is 49.3 Å². The van der Waals surface area contributed by atoms with Crippen LogP contribution < -0.4 is 0 Å². The molecule has 0 saturated carbocycles. The molecule has 0 bridgehead atoms. The van der Waals surface area contributed by atoms with Gasteiger partial charge < -0.3 is 0 Å². The largest absolute Gasteiger partial charge is 0.0859 e. The zero-order valence-electron chi connectivity index (χ0n) is 17.5. The lowest BCUT2D eigenvalue weighted by molar-refractivity contribution is 0.712. The van der Waals surface area contributed by atoms with Crippen LogP contribution in [0.25, 0.3) is 0 Å². The molecule has 0 amide bonds. The summed E-state index contributed by atoms with van der Waals surface area (Å²) in [5.41, 5.74) is 4.53. The summed E-state index contributed by atoms with van der Waals surface area (Å²) in [5, 5.41) is 0.514. The molecule has 134 valence electrons. The van der Waals surface area contributed by atoms with Crippen LogP contribution in [-0.2, 0) is 0 Å². The smallest absolute Gasteiger partial charge is 0.0530 e. The molecule has 0 aliphatic carbocycles. The summed E-state index contributed by atoms with van der Waals surface area (Å²) in [5.74, 6) is 0. The molecule has 0 heterocycles. The molecule has 0 radical (unpaired) electrons. The van der Waals surface area contributed by atoms with E-state index < -0.39 is 8.07 Å². The summed E-state index contributed by atoms with van der Waals surface area (Å²) in [6.45, 7) is 21.3. The van der Waals surface area contributed by atoms with E-state index >= 15 is 0 Å². The van der Waals surface area contributed by atoms with Crippen LogP contribution in [0.5, 0.6) is 0 Å². The van der Waals surface area contributed by atoms with Crippen molar-refractivity contribution in [3.63, 3.8) is 0 Å². The average molecular weight is 335 g/mol. The molecule has 0 unspecified atom stereocenters. The Bertz CT molecular complexity index is 423. The van der Waals surface area contributed by atoms with Crippen molar-refractivity contribution < 1.29 is 0 Å². The fraction of sp³-hybridized carbons (Fsp3) is 0.727. The van der Waals surface area contributed by atoms with Gasteiger partial charge in [-0.2, -0.15) is 0 Å². The molecule has 23 heavy (non-hydrogen) atoms. The van der Waals surface area contributed by atoms with Crippen molar-refractivity contribution in [2.24, 2.45) is 0 Å². The van der Waals surface area contributed by atoms with Gasteiger partial charge in [-0.05, 0) is 64.8 Å². The summed E-state index contributed by atoms with van der Waals surface area (Å²) in [6.07, 6.45) is 13.3. The van der Waals surface area contributed by atoms with Crippen molar-refractivity contribution in [1.82, 2.24) is 0 Å². The van der Waals surface area contributed by atoms with E-state index in [2.05, 4.69) is 79.8 Å². The lowest BCUT2D eigenvalue weighted by Gasteiger charge is -2.36. The number of allylic oxidation sites excluding steroid dienone is 6. The van der Waals surface area contributed by atoms with Gasteiger partial charge in [-0.3, -0.25) is 0 Å². The van der Waals surface area contributed by atoms with E-state index in [-0.39, 0.29) is 0 Å². The van der Waals surface area contributed by atoms with Crippen LogP contribution in [0.15, 0.2) is 34.9 Å². The lowest BCUT2D eigenvalue weighted by atomic mass is 10.1. The number of hydrogen-bond donors (Lipinski definition) is 0. The Morgan fingerprint density at radius 1 is 0.739 bits per heavy atom. The van der Waals surface area contributed by atoms with Crippen molar-refractivity contribution in [2.75, 3.05) is 0 Å². The summed E-state index contributed by atoms with van der Waals surface area (Å²) in [4.78, 5) is 0. The zero-order chi connectivity index (χ0) is 18.1. The highest BCUT2D eigenvalue weighted by molar-refractivity contribution is 6.80. The van der Waals surface area contributed by atoms with Crippen LogP contribution in [0.3, 0.4) is 0 Å². The van der Waals surface area contributed by atoms with Crippen molar-refractivity contribution in [1.29, 1.82) is 0 Å². The molecular weight excluding hydrogens is 292 g/mol. The van der Waals surface area contributed by atoms with Gasteiger partial charge in [-0.25, -0.2) is 0 Å². The van der Waals surface area contributed by atoms with Crippen LogP contribution in [0.4, 0.5) is 0 Å². The second kappa shape index (κ2) is 10.3. The Labute approximate surface area is 148 Å². The SMILES string of the molecule is CC(C)=CCC/C(C)=C/CC/C(C)=C/CC[Si](C)(C)C(C)(C)C. The van der Waals surface area contributed by atoms with E-state index in [1.54, 1.807) is 5.57 Å². The fourth-order valence-corrected chi connectivity index (χ4v) is 4.01. The van der Waals surface area contributed by atoms with Crippen LogP contribution in [0.1, 0.15) is 80.6 Å². The molecule has 0 aromatic heterocycles. The van der Waals surface area contributed by atoms with Crippen LogP contribution in [0, 0.1) is 0 Å². The zero-order valence-corrected chi connectivity index (χ0v) is 18.5. The lowest BCUT2D eigenvalue weighted by Crippen LogP contribution is -2.36. The first kappa shape index (κ1) is 22.4. The van der Waals surface area contributed by atoms with Crippen molar-refractivity contribution in [3.05, 3.63) is 34.9 Å². The molecule has 0 N–H and O–H groups in total. The molecule has 0 aliphatic heterocycles. The third kappa shape index (κ3) is 10.8. The monoisotopic (exact) mass is 334 g/mol. The minimum atomic E-state index is -1.11. The van der Waals surface area contributed by atoms with Gasteiger partial charge in [-0.15, -0.1) is 0 Å². The van der Waals surface area contributed by atoms with Gasteiger partial charge in [-0.1, -0.05) is 74.9 Å². The minimum Gasteiger partial charge on any atom is -0.0859 e. The Hall–Kier alpha value is -0.563. The maximum Gasteiger partial charge on any atom is 0.0530 e. The summed E-state index contributed by atoms with van der Waals surface area (Å²) in [7, 11) is -1.11. The van der Waals surface area contributed by atoms with E-state index in [4.69, 9.17) is 0 Å². The maximum atomic E-state index is 2.54. The molecule has 0 spiro atoms. The Morgan fingerprint density at radius 2 is 1.17 bits per heavy atom. The van der Waals surface area contributed by atoms with E-state index in [9.17, 15) is 0 Å². The summed E-state index contributed by atoms with van der Waals surface area (Å²) < 4.78 is 0. The van der Waals surface area contributed by atoms with Crippen molar-refractivity contribution in [2.45, 2.75) is 105 Å². The Morgan fingerprint density at radius 3 is 1.61 bits per heavy atom. The van der Waals surface area contributed by atoms with Crippen LogP contribution in [0.2, 0.25) is 24.2 Å². The van der Waals surface area contributed by atoms with E-state index in [0.29, 0.717) is 5.04 Å². The van der Waals surface area contributed by atoms with Crippen molar-refractivity contribution in [3.8, 4) is 0 Å². The number of hydrogen-bond acceptors (Lipinski definition) is 0. The summed E-state index contributed by atoms with van der Waals surface area (Å²) >= 11 is 0. The quantitative estimate of drug-likeness (QED) is 0.294. The molecule has 1 heteroatoms. The second-order valence-corrected chi connectivity index (χ2v) is 14.9. The van der Waals surface area contributed by atoms with E-state index in [0.717, 1.165) is 0 Å². The fourth-order valence-electron chi connectivity index (χ4n) is 2.39. The predicted octanol–water partition coefficient (Wildman–Crippen LogP) is 8.30. The van der Waals surface area contributed by atoms with Crippen LogP contribution >= 0.6 is 0 Å². The van der Waals surface area contributed by atoms with Gasteiger partial charge in [0.2, 0.25) is 0 Å². The maximum absolute atomic E-state index is 2.54. The first-order valence-corrected chi connectivity index (χ1v) is 12.6. The molecule has 0 aromatic carbocycles. The van der Waals surface area contributed by atoms with Crippen molar-refractivity contribution >= 4 is 8.07 Å². The Balaban J connectivity index is 4.15. The molecule has 0 nitrogen and oxygen atoms in total. The molecule has 0 saturated heterocycles. The van der Waals surface area contributed by atoms with Gasteiger partial charge >= 0.3 is 0 Å². The normalized spacial score (nSPS) is 14.1. The van der Waals surface area contributed by atoms with Crippen LogP contribution in [-0.4, -0.2) is 8.07 Å². The number of rotatable bonds is 9. The standard InChI is InChI=1S/C22H42Si/c1-19(2)13-10-14-20(3)15-11-16-21(4)17-12-18-23(8,9)22(5,6)7/h13,15,17H,10-12,14,16,18H2,1-9H3/b20-15+,21-17+. The van der Waals surface area contributed by atoms with Gasteiger partial charge in [0, 0.05) is 0 Å².